The molecule has 0 aliphatic carbocycles. The normalized spacial score (nSPS) is 14.2. The van der Waals surface area contributed by atoms with Crippen molar-refractivity contribution in [3.63, 3.8) is 0 Å². The smallest absolute Gasteiger partial charge is 0.227 e. The number of halogens is 1. The van der Waals surface area contributed by atoms with E-state index in [1.165, 1.54) is 18.2 Å². The molecule has 0 fully saturated rings. The summed E-state index contributed by atoms with van der Waals surface area (Å²) in [7, 11) is 0. The van der Waals surface area contributed by atoms with E-state index in [0.717, 1.165) is 11.1 Å². The molecule has 0 spiro atoms. The lowest BCUT2D eigenvalue weighted by atomic mass is 10.0. The van der Waals surface area contributed by atoms with Crippen LogP contribution in [0.25, 0.3) is 5.57 Å². The zero-order chi connectivity index (χ0) is 16.1. The first-order valence-electron chi connectivity index (χ1n) is 7.52. The van der Waals surface area contributed by atoms with Gasteiger partial charge in [0.2, 0.25) is 5.43 Å². The first-order valence-corrected chi connectivity index (χ1v) is 7.52. The molecule has 0 amide bonds. The second-order valence-corrected chi connectivity index (χ2v) is 5.30. The van der Waals surface area contributed by atoms with Crippen molar-refractivity contribution in [1.29, 1.82) is 0 Å². The number of hydrogen-bond acceptors (Lipinski definition) is 3. The molecular formula is C19H17FO3. The molecule has 3 nitrogen and oxygen atoms in total. The molecule has 0 saturated carbocycles. The molecule has 0 radical (unpaired) electrons. The molecule has 1 aliphatic rings. The fourth-order valence-electron chi connectivity index (χ4n) is 2.47. The van der Waals surface area contributed by atoms with Crippen LogP contribution in [0, 0.1) is 5.82 Å². The third-order valence-corrected chi connectivity index (χ3v) is 3.69. The Morgan fingerprint density at radius 3 is 2.70 bits per heavy atom. The van der Waals surface area contributed by atoms with E-state index >= 15 is 0 Å². The summed E-state index contributed by atoms with van der Waals surface area (Å²) in [6.45, 7) is 1.24. The molecule has 23 heavy (non-hydrogen) atoms. The van der Waals surface area contributed by atoms with E-state index in [-0.39, 0.29) is 17.8 Å². The minimum atomic E-state index is -0.459. The molecule has 4 heteroatoms. The highest BCUT2D eigenvalue weighted by Crippen LogP contribution is 2.20. The number of ether oxygens (including phenoxy) is 2. The zero-order valence-corrected chi connectivity index (χ0v) is 12.6. The van der Waals surface area contributed by atoms with Crippen LogP contribution in [0.5, 0.6) is 5.75 Å². The Morgan fingerprint density at radius 1 is 1.13 bits per heavy atom. The maximum atomic E-state index is 13.8. The van der Waals surface area contributed by atoms with Crippen molar-refractivity contribution in [2.24, 2.45) is 0 Å². The van der Waals surface area contributed by atoms with Crippen molar-refractivity contribution in [2.45, 2.75) is 13.0 Å². The summed E-state index contributed by atoms with van der Waals surface area (Å²) in [6.07, 6.45) is 2.41. The molecule has 3 rings (SSSR count). The minimum Gasteiger partial charge on any atom is -0.485 e. The van der Waals surface area contributed by atoms with Gasteiger partial charge < -0.3 is 9.47 Å². The van der Waals surface area contributed by atoms with Crippen molar-refractivity contribution in [3.05, 3.63) is 81.8 Å². The average Bonchev–Trinajstić information content (AvgIpc) is 2.74. The van der Waals surface area contributed by atoms with Gasteiger partial charge in [0.15, 0.2) is 5.75 Å². The van der Waals surface area contributed by atoms with E-state index in [4.69, 9.17) is 9.47 Å². The van der Waals surface area contributed by atoms with Crippen molar-refractivity contribution >= 4 is 5.57 Å². The fourth-order valence-corrected chi connectivity index (χ4v) is 2.47. The average molecular weight is 312 g/mol. The van der Waals surface area contributed by atoms with Crippen molar-refractivity contribution < 1.29 is 13.9 Å². The van der Waals surface area contributed by atoms with Crippen LogP contribution in [0.15, 0.2) is 59.4 Å². The molecule has 0 atom stereocenters. The highest BCUT2D eigenvalue weighted by Gasteiger charge is 2.13. The summed E-state index contributed by atoms with van der Waals surface area (Å²) < 4.78 is 24.7. The second-order valence-electron chi connectivity index (χ2n) is 5.30. The Kier molecular flexibility index (Phi) is 4.83. The third-order valence-electron chi connectivity index (χ3n) is 3.69. The summed E-state index contributed by atoms with van der Waals surface area (Å²) in [6, 6.07) is 13.5. The minimum absolute atomic E-state index is 0.153. The fraction of sp³-hybridized carbons (Fsp3) is 0.211. The highest BCUT2D eigenvalue weighted by atomic mass is 19.1. The van der Waals surface area contributed by atoms with Gasteiger partial charge in [-0.05, 0) is 35.8 Å². The van der Waals surface area contributed by atoms with Crippen LogP contribution in [-0.4, -0.2) is 13.2 Å². The van der Waals surface area contributed by atoms with Crippen LogP contribution < -0.4 is 10.2 Å². The molecule has 0 unspecified atom stereocenters. The van der Waals surface area contributed by atoms with Gasteiger partial charge in [0.1, 0.15) is 12.4 Å². The van der Waals surface area contributed by atoms with Gasteiger partial charge in [-0.2, -0.15) is 0 Å². The molecule has 1 aliphatic heterocycles. The van der Waals surface area contributed by atoms with Crippen LogP contribution in [-0.2, 0) is 11.3 Å². The van der Waals surface area contributed by atoms with E-state index in [2.05, 4.69) is 0 Å². The molecule has 0 aromatic heterocycles. The van der Waals surface area contributed by atoms with Gasteiger partial charge in [0.25, 0.3) is 0 Å². The molecule has 0 bridgehead atoms. The molecule has 118 valence electrons. The van der Waals surface area contributed by atoms with Gasteiger partial charge in [-0.15, -0.1) is 0 Å². The largest absolute Gasteiger partial charge is 0.485 e. The molecule has 0 saturated heterocycles. The predicted molar refractivity (Wildman–Crippen MR) is 86.9 cm³/mol. The van der Waals surface area contributed by atoms with Crippen LogP contribution in [0.2, 0.25) is 0 Å². The first kappa shape index (κ1) is 15.4. The van der Waals surface area contributed by atoms with Crippen molar-refractivity contribution in [1.82, 2.24) is 0 Å². The van der Waals surface area contributed by atoms with Gasteiger partial charge in [-0.3, -0.25) is 4.79 Å². The molecule has 1 heterocycles. The topological polar surface area (TPSA) is 35.5 Å². The monoisotopic (exact) mass is 312 g/mol. The van der Waals surface area contributed by atoms with E-state index in [1.807, 2.05) is 36.4 Å². The number of hydrogen-bond donors (Lipinski definition) is 0. The number of rotatable bonds is 4. The van der Waals surface area contributed by atoms with E-state index in [9.17, 15) is 9.18 Å². The summed E-state index contributed by atoms with van der Waals surface area (Å²) in [5, 5.41) is 0. The van der Waals surface area contributed by atoms with Crippen LogP contribution in [0.1, 0.15) is 17.5 Å². The van der Waals surface area contributed by atoms with Crippen LogP contribution >= 0.6 is 0 Å². The quantitative estimate of drug-likeness (QED) is 0.866. The van der Waals surface area contributed by atoms with Crippen LogP contribution in [0.3, 0.4) is 0 Å². The Balaban J connectivity index is 1.93. The lowest BCUT2D eigenvalue weighted by Crippen LogP contribution is -2.13. The second kappa shape index (κ2) is 7.20. The maximum absolute atomic E-state index is 13.8. The van der Waals surface area contributed by atoms with E-state index < -0.39 is 5.82 Å². The summed E-state index contributed by atoms with van der Waals surface area (Å²) in [5.41, 5.74) is 1.81. The zero-order valence-electron chi connectivity index (χ0n) is 12.6. The Bertz CT molecular complexity index is 769. The van der Waals surface area contributed by atoms with Gasteiger partial charge in [-0.25, -0.2) is 4.39 Å². The SMILES string of the molecule is O=c1c(OCc2ccccc2)ccc(F)cc1C1=CCOCC1. The molecule has 0 N–H and O–H groups in total. The Hall–Kier alpha value is -2.46. The van der Waals surface area contributed by atoms with Gasteiger partial charge in [-0.1, -0.05) is 36.4 Å². The summed E-state index contributed by atoms with van der Waals surface area (Å²) in [4.78, 5) is 12.7. The standard InChI is InChI=1S/C19H17FO3/c20-16-6-7-18(23-13-14-4-2-1-3-5-14)19(21)17(12-16)15-8-10-22-11-9-15/h1-8,12H,9-11,13H2. The lowest BCUT2D eigenvalue weighted by Gasteiger charge is -2.12. The van der Waals surface area contributed by atoms with Gasteiger partial charge in [0, 0.05) is 5.56 Å². The Morgan fingerprint density at radius 2 is 1.96 bits per heavy atom. The summed E-state index contributed by atoms with van der Waals surface area (Å²) >= 11 is 0. The highest BCUT2D eigenvalue weighted by molar-refractivity contribution is 5.67. The first-order chi connectivity index (χ1) is 11.2. The lowest BCUT2D eigenvalue weighted by molar-refractivity contribution is 0.161. The third kappa shape index (κ3) is 3.85. The maximum Gasteiger partial charge on any atom is 0.227 e. The van der Waals surface area contributed by atoms with Gasteiger partial charge >= 0.3 is 0 Å². The van der Waals surface area contributed by atoms with E-state index in [0.29, 0.717) is 25.2 Å². The summed E-state index contributed by atoms with van der Waals surface area (Å²) in [5.74, 6) is -0.306. The van der Waals surface area contributed by atoms with Crippen molar-refractivity contribution in [2.75, 3.05) is 13.2 Å². The van der Waals surface area contributed by atoms with E-state index in [1.54, 1.807) is 0 Å². The molecule has 2 aromatic rings. The van der Waals surface area contributed by atoms with Crippen LogP contribution in [0.4, 0.5) is 4.39 Å². The molecule has 2 aromatic carbocycles. The van der Waals surface area contributed by atoms with Gasteiger partial charge in [0.05, 0.1) is 13.2 Å². The number of benzene rings is 1. The molecular weight excluding hydrogens is 295 g/mol. The van der Waals surface area contributed by atoms with Crippen molar-refractivity contribution in [3.8, 4) is 5.75 Å². The Labute approximate surface area is 134 Å². The predicted octanol–water partition coefficient (Wildman–Crippen LogP) is 3.57.